The third-order valence-corrected chi connectivity index (χ3v) is 2.95. The number of benzene rings is 2. The zero-order chi connectivity index (χ0) is 11.4. The third-order valence-electron chi connectivity index (χ3n) is 2.32. The SMILES string of the molecule is O=C(CI)OCc1ccc2ccccc2c1. The number of carbonyl (C=O) groups excluding carboxylic acids is 1. The smallest absolute Gasteiger partial charge is 0.316 e. The molecule has 2 nitrogen and oxygen atoms in total. The molecule has 16 heavy (non-hydrogen) atoms. The van der Waals surface area contributed by atoms with Crippen LogP contribution in [0.15, 0.2) is 42.5 Å². The summed E-state index contributed by atoms with van der Waals surface area (Å²) in [4.78, 5) is 11.0. The second kappa shape index (κ2) is 5.30. The molecule has 0 aliphatic carbocycles. The van der Waals surface area contributed by atoms with Crippen LogP contribution in [-0.2, 0) is 16.1 Å². The van der Waals surface area contributed by atoms with Crippen LogP contribution in [0.5, 0.6) is 0 Å². The summed E-state index contributed by atoms with van der Waals surface area (Å²) in [5, 5.41) is 2.37. The number of alkyl halides is 1. The van der Waals surface area contributed by atoms with Gasteiger partial charge in [-0.05, 0) is 22.4 Å². The van der Waals surface area contributed by atoms with Gasteiger partial charge in [0.25, 0.3) is 0 Å². The van der Waals surface area contributed by atoms with Crippen molar-refractivity contribution in [1.82, 2.24) is 0 Å². The second-order valence-electron chi connectivity index (χ2n) is 3.48. The van der Waals surface area contributed by atoms with E-state index in [-0.39, 0.29) is 5.97 Å². The van der Waals surface area contributed by atoms with Crippen LogP contribution >= 0.6 is 22.6 Å². The molecule has 0 atom stereocenters. The minimum absolute atomic E-state index is 0.172. The molecule has 0 unspecified atom stereocenters. The molecule has 2 aromatic rings. The minimum Gasteiger partial charge on any atom is -0.460 e. The largest absolute Gasteiger partial charge is 0.460 e. The monoisotopic (exact) mass is 326 g/mol. The van der Waals surface area contributed by atoms with Crippen molar-refractivity contribution in [3.63, 3.8) is 0 Å². The molecule has 2 aromatic carbocycles. The molecule has 0 aliphatic heterocycles. The highest BCUT2D eigenvalue weighted by Crippen LogP contribution is 2.16. The summed E-state index contributed by atoms with van der Waals surface area (Å²) in [6.07, 6.45) is 0. The Morgan fingerprint density at radius 3 is 2.62 bits per heavy atom. The molecule has 3 heteroatoms. The molecule has 0 fully saturated rings. The lowest BCUT2D eigenvalue weighted by Crippen LogP contribution is -2.04. The summed E-state index contributed by atoms with van der Waals surface area (Å²) in [7, 11) is 0. The van der Waals surface area contributed by atoms with Gasteiger partial charge < -0.3 is 4.74 Å². The van der Waals surface area contributed by atoms with Crippen molar-refractivity contribution in [3.05, 3.63) is 48.0 Å². The van der Waals surface area contributed by atoms with Crippen LogP contribution in [0.3, 0.4) is 0 Å². The van der Waals surface area contributed by atoms with Gasteiger partial charge in [0.2, 0.25) is 0 Å². The fraction of sp³-hybridized carbons (Fsp3) is 0.154. The highest BCUT2D eigenvalue weighted by molar-refractivity contribution is 14.1. The van der Waals surface area contributed by atoms with Crippen molar-refractivity contribution < 1.29 is 9.53 Å². The van der Waals surface area contributed by atoms with E-state index < -0.39 is 0 Å². The van der Waals surface area contributed by atoms with Gasteiger partial charge in [0.05, 0.1) is 4.43 Å². The van der Waals surface area contributed by atoms with Gasteiger partial charge in [0.15, 0.2) is 0 Å². The van der Waals surface area contributed by atoms with Crippen molar-refractivity contribution in [2.75, 3.05) is 4.43 Å². The van der Waals surface area contributed by atoms with Crippen molar-refractivity contribution in [1.29, 1.82) is 0 Å². The number of hydrogen-bond acceptors (Lipinski definition) is 2. The van der Waals surface area contributed by atoms with Crippen molar-refractivity contribution in [2.24, 2.45) is 0 Å². The summed E-state index contributed by atoms with van der Waals surface area (Å²) in [5.74, 6) is -0.172. The Hall–Kier alpha value is -1.10. The fourth-order valence-corrected chi connectivity index (χ4v) is 1.75. The lowest BCUT2D eigenvalue weighted by molar-refractivity contribution is -0.141. The van der Waals surface area contributed by atoms with Crippen LogP contribution in [0, 0.1) is 0 Å². The quantitative estimate of drug-likeness (QED) is 0.491. The molecular weight excluding hydrogens is 315 g/mol. The van der Waals surface area contributed by atoms with E-state index in [1.54, 1.807) is 0 Å². The Balaban J connectivity index is 2.16. The predicted molar refractivity (Wildman–Crippen MR) is 72.6 cm³/mol. The van der Waals surface area contributed by atoms with E-state index in [0.29, 0.717) is 11.0 Å². The molecular formula is C13H11IO2. The van der Waals surface area contributed by atoms with Gasteiger partial charge in [-0.15, -0.1) is 0 Å². The van der Waals surface area contributed by atoms with E-state index in [2.05, 4.69) is 18.2 Å². The summed E-state index contributed by atoms with van der Waals surface area (Å²) in [5.41, 5.74) is 1.02. The maximum atomic E-state index is 11.0. The Kier molecular flexibility index (Phi) is 3.77. The van der Waals surface area contributed by atoms with E-state index in [9.17, 15) is 4.79 Å². The second-order valence-corrected chi connectivity index (χ2v) is 4.24. The molecule has 0 aromatic heterocycles. The topological polar surface area (TPSA) is 26.3 Å². The molecule has 0 heterocycles. The van der Waals surface area contributed by atoms with Crippen LogP contribution in [0.4, 0.5) is 0 Å². The number of carbonyl (C=O) groups is 1. The van der Waals surface area contributed by atoms with Crippen LogP contribution in [0.2, 0.25) is 0 Å². The van der Waals surface area contributed by atoms with Gasteiger partial charge in [-0.1, -0.05) is 59.0 Å². The normalized spacial score (nSPS) is 10.3. The van der Waals surface area contributed by atoms with E-state index in [1.807, 2.05) is 46.9 Å². The Morgan fingerprint density at radius 1 is 1.12 bits per heavy atom. The first-order valence-corrected chi connectivity index (χ1v) is 6.51. The average molecular weight is 326 g/mol. The van der Waals surface area contributed by atoms with Crippen LogP contribution in [0.1, 0.15) is 5.56 Å². The van der Waals surface area contributed by atoms with Gasteiger partial charge in [-0.2, -0.15) is 0 Å². The molecule has 2 rings (SSSR count). The van der Waals surface area contributed by atoms with Crippen LogP contribution in [-0.4, -0.2) is 10.4 Å². The van der Waals surface area contributed by atoms with Crippen molar-refractivity contribution >= 4 is 39.3 Å². The van der Waals surface area contributed by atoms with Gasteiger partial charge >= 0.3 is 5.97 Å². The highest BCUT2D eigenvalue weighted by Gasteiger charge is 2.01. The number of fused-ring (bicyclic) bond motifs is 1. The molecule has 0 saturated carbocycles. The molecule has 0 bridgehead atoms. The molecule has 0 saturated heterocycles. The lowest BCUT2D eigenvalue weighted by Gasteiger charge is -2.04. The van der Waals surface area contributed by atoms with E-state index in [4.69, 9.17) is 4.74 Å². The first-order chi connectivity index (χ1) is 7.79. The van der Waals surface area contributed by atoms with Crippen molar-refractivity contribution in [3.8, 4) is 0 Å². The fourth-order valence-electron chi connectivity index (χ4n) is 1.53. The van der Waals surface area contributed by atoms with Gasteiger partial charge in [-0.3, -0.25) is 4.79 Å². The third kappa shape index (κ3) is 2.72. The van der Waals surface area contributed by atoms with Crippen molar-refractivity contribution in [2.45, 2.75) is 6.61 Å². The van der Waals surface area contributed by atoms with Gasteiger partial charge in [0, 0.05) is 0 Å². The molecule has 0 aliphatic rings. The Morgan fingerprint density at radius 2 is 1.88 bits per heavy atom. The summed E-state index contributed by atoms with van der Waals surface area (Å²) >= 11 is 2.00. The number of rotatable bonds is 3. The van der Waals surface area contributed by atoms with E-state index in [1.165, 1.54) is 10.8 Å². The van der Waals surface area contributed by atoms with E-state index in [0.717, 1.165) is 5.56 Å². The van der Waals surface area contributed by atoms with Gasteiger partial charge in [-0.25, -0.2) is 0 Å². The van der Waals surface area contributed by atoms with Crippen LogP contribution < -0.4 is 0 Å². The summed E-state index contributed by atoms with van der Waals surface area (Å²) in [6, 6.07) is 14.2. The number of hydrogen-bond donors (Lipinski definition) is 0. The minimum atomic E-state index is -0.172. The number of halogens is 1. The number of ether oxygens (including phenoxy) is 1. The Bertz CT molecular complexity index is 508. The first-order valence-electron chi connectivity index (χ1n) is 4.99. The molecule has 0 spiro atoms. The maximum Gasteiger partial charge on any atom is 0.316 e. The summed E-state index contributed by atoms with van der Waals surface area (Å²) < 4.78 is 5.47. The first kappa shape index (κ1) is 11.4. The zero-order valence-corrected chi connectivity index (χ0v) is 10.8. The zero-order valence-electron chi connectivity index (χ0n) is 8.65. The molecule has 0 radical (unpaired) electrons. The molecule has 82 valence electrons. The summed E-state index contributed by atoms with van der Waals surface area (Å²) in [6.45, 7) is 0.354. The maximum absolute atomic E-state index is 11.0. The standard InChI is InChI=1S/C13H11IO2/c14-8-13(15)16-9-10-5-6-11-3-1-2-4-12(11)7-10/h1-7H,8-9H2. The van der Waals surface area contributed by atoms with Crippen LogP contribution in [0.25, 0.3) is 10.8 Å². The number of esters is 1. The highest BCUT2D eigenvalue weighted by atomic mass is 127. The molecule has 0 amide bonds. The van der Waals surface area contributed by atoms with Gasteiger partial charge in [0.1, 0.15) is 6.61 Å². The molecule has 0 N–H and O–H groups in total. The predicted octanol–water partition coefficient (Wildman–Crippen LogP) is 3.32. The Labute approximate surface area is 108 Å². The lowest BCUT2D eigenvalue weighted by atomic mass is 10.1. The average Bonchev–Trinajstić information content (AvgIpc) is 2.35. The van der Waals surface area contributed by atoms with E-state index >= 15 is 0 Å².